The Morgan fingerprint density at radius 1 is 1.11 bits per heavy atom. The van der Waals surface area contributed by atoms with E-state index in [4.69, 9.17) is 16.3 Å². The highest BCUT2D eigenvalue weighted by Gasteiger charge is 2.20. The topological polar surface area (TPSA) is 63.2 Å². The quantitative estimate of drug-likeness (QED) is 0.243. The second kappa shape index (κ2) is 13.1. The molecule has 2 N–H and O–H groups in total. The lowest BCUT2D eigenvalue weighted by Crippen LogP contribution is -2.26. The van der Waals surface area contributed by atoms with Crippen LogP contribution in [0.1, 0.15) is 47.3 Å². The minimum absolute atomic E-state index is 0.101. The van der Waals surface area contributed by atoms with Crippen LogP contribution in [-0.2, 0) is 6.54 Å². The van der Waals surface area contributed by atoms with E-state index < -0.39 is 17.7 Å². The number of rotatable bonds is 6. The maximum absolute atomic E-state index is 14.0. The highest BCUT2D eigenvalue weighted by Crippen LogP contribution is 2.37. The van der Waals surface area contributed by atoms with Gasteiger partial charge in [0.25, 0.3) is 5.91 Å². The van der Waals surface area contributed by atoms with Crippen LogP contribution in [-0.4, -0.2) is 31.1 Å². The largest absolute Gasteiger partial charge is 0.496 e. The summed E-state index contributed by atoms with van der Waals surface area (Å²) in [5.41, 5.74) is 2.25. The molecule has 200 valence electrons. The number of carbonyl (C=O) groups is 1. The van der Waals surface area contributed by atoms with Crippen molar-refractivity contribution >= 4 is 38.9 Å². The smallest absolute Gasteiger partial charge is 0.263 e. The number of amides is 1. The van der Waals surface area contributed by atoms with Crippen molar-refractivity contribution in [1.82, 2.24) is 15.6 Å². The Morgan fingerprint density at radius 3 is 2.50 bits per heavy atom. The second-order valence-corrected chi connectivity index (χ2v) is 10.5. The van der Waals surface area contributed by atoms with Gasteiger partial charge >= 0.3 is 0 Å². The Balaban J connectivity index is 0.000000360. The third-order valence-electron chi connectivity index (χ3n) is 6.61. The number of hydrogen-bond donors (Lipinski definition) is 2. The van der Waals surface area contributed by atoms with E-state index >= 15 is 0 Å². The molecule has 1 saturated carbocycles. The van der Waals surface area contributed by atoms with Gasteiger partial charge in [-0.2, -0.15) is 4.39 Å². The average molecular weight is 558 g/mol. The van der Waals surface area contributed by atoms with Gasteiger partial charge in [-0.25, -0.2) is 9.37 Å². The molecule has 9 heteroatoms. The summed E-state index contributed by atoms with van der Waals surface area (Å²) in [5.74, 6) is -0.842. The van der Waals surface area contributed by atoms with E-state index in [-0.39, 0.29) is 21.8 Å². The minimum Gasteiger partial charge on any atom is -0.496 e. The molecule has 0 radical (unpaired) electrons. The predicted octanol–water partition coefficient (Wildman–Crippen LogP) is 7.37. The number of thiophene rings is 1. The Bertz CT molecular complexity index is 1390. The third kappa shape index (κ3) is 6.67. The molecular formula is C29H30ClF2N3O2S. The summed E-state index contributed by atoms with van der Waals surface area (Å²) >= 11 is 7.40. The highest BCUT2D eigenvalue weighted by molar-refractivity contribution is 7.21. The van der Waals surface area contributed by atoms with Crippen LogP contribution in [0.4, 0.5) is 8.78 Å². The minimum atomic E-state index is -0.559. The SMILES string of the molecule is CNC1CCCCC1.COc1ccc(-c2ccc(F)nc2)cc1CNC(=O)c1sc2cccc(F)c2c1Cl. The summed E-state index contributed by atoms with van der Waals surface area (Å²) in [6.07, 6.45) is 8.56. The molecule has 0 saturated heterocycles. The molecule has 5 rings (SSSR count). The fraction of sp³-hybridized carbons (Fsp3) is 0.310. The Morgan fingerprint density at radius 2 is 1.87 bits per heavy atom. The number of nitrogens with zero attached hydrogens (tertiary/aromatic N) is 1. The molecule has 0 atom stereocenters. The van der Waals surface area contributed by atoms with Gasteiger partial charge in [0.2, 0.25) is 5.95 Å². The molecule has 2 aromatic carbocycles. The first-order chi connectivity index (χ1) is 18.4. The van der Waals surface area contributed by atoms with E-state index in [0.717, 1.165) is 34.1 Å². The van der Waals surface area contributed by atoms with Gasteiger partial charge in [0.1, 0.15) is 16.4 Å². The molecule has 0 spiro atoms. The number of aromatic nitrogens is 1. The molecule has 5 nitrogen and oxygen atoms in total. The van der Waals surface area contributed by atoms with E-state index in [1.807, 2.05) is 12.1 Å². The van der Waals surface area contributed by atoms with Crippen molar-refractivity contribution in [2.75, 3.05) is 14.2 Å². The molecule has 0 aliphatic heterocycles. The lowest BCUT2D eigenvalue weighted by atomic mass is 9.96. The number of fused-ring (bicyclic) bond motifs is 1. The van der Waals surface area contributed by atoms with E-state index in [1.54, 1.807) is 24.3 Å². The van der Waals surface area contributed by atoms with Crippen LogP contribution in [0.5, 0.6) is 5.75 Å². The van der Waals surface area contributed by atoms with Gasteiger partial charge in [-0.1, -0.05) is 43.0 Å². The fourth-order valence-electron chi connectivity index (χ4n) is 4.51. The molecule has 38 heavy (non-hydrogen) atoms. The Hall–Kier alpha value is -3.07. The summed E-state index contributed by atoms with van der Waals surface area (Å²) in [7, 11) is 3.60. The van der Waals surface area contributed by atoms with Crippen LogP contribution >= 0.6 is 22.9 Å². The van der Waals surface area contributed by atoms with Crippen molar-refractivity contribution in [2.24, 2.45) is 0 Å². The zero-order valence-electron chi connectivity index (χ0n) is 21.3. The average Bonchev–Trinajstić information content (AvgIpc) is 3.30. The normalized spacial score (nSPS) is 13.6. The lowest BCUT2D eigenvalue weighted by Gasteiger charge is -2.20. The Kier molecular flexibility index (Phi) is 9.66. The number of hydrogen-bond acceptors (Lipinski definition) is 5. The fourth-order valence-corrected chi connectivity index (χ4v) is 5.98. The first-order valence-electron chi connectivity index (χ1n) is 12.5. The first-order valence-corrected chi connectivity index (χ1v) is 13.7. The van der Waals surface area contributed by atoms with Gasteiger partial charge in [-0.3, -0.25) is 4.79 Å². The van der Waals surface area contributed by atoms with Crippen LogP contribution in [0.3, 0.4) is 0 Å². The predicted molar refractivity (Wildman–Crippen MR) is 150 cm³/mol. The van der Waals surface area contributed by atoms with Crippen molar-refractivity contribution in [3.63, 3.8) is 0 Å². The third-order valence-corrected chi connectivity index (χ3v) is 8.25. The van der Waals surface area contributed by atoms with Gasteiger partial charge in [-0.05, 0) is 61.9 Å². The van der Waals surface area contributed by atoms with Crippen LogP contribution in [0.15, 0.2) is 54.7 Å². The number of ether oxygens (including phenoxy) is 1. The highest BCUT2D eigenvalue weighted by atomic mass is 35.5. The first kappa shape index (κ1) is 28.0. The second-order valence-electron chi connectivity index (χ2n) is 9.06. The Labute approximate surface area is 230 Å². The van der Waals surface area contributed by atoms with Gasteiger partial charge < -0.3 is 15.4 Å². The van der Waals surface area contributed by atoms with E-state index in [0.29, 0.717) is 10.4 Å². The summed E-state index contributed by atoms with van der Waals surface area (Å²) in [6, 6.07) is 13.8. The monoisotopic (exact) mass is 557 g/mol. The molecule has 4 aromatic rings. The van der Waals surface area contributed by atoms with E-state index in [2.05, 4.69) is 22.7 Å². The van der Waals surface area contributed by atoms with Crippen LogP contribution in [0.25, 0.3) is 21.2 Å². The summed E-state index contributed by atoms with van der Waals surface area (Å²) < 4.78 is 33.1. The molecule has 0 bridgehead atoms. The number of halogens is 3. The number of methoxy groups -OCH3 is 1. The molecule has 2 heterocycles. The molecule has 1 aliphatic carbocycles. The molecule has 0 unspecified atom stereocenters. The summed E-state index contributed by atoms with van der Waals surface area (Å²) in [6.45, 7) is 0.164. The summed E-state index contributed by atoms with van der Waals surface area (Å²) in [5, 5.41) is 6.46. The maximum atomic E-state index is 14.0. The van der Waals surface area contributed by atoms with Crippen molar-refractivity contribution < 1.29 is 18.3 Å². The van der Waals surface area contributed by atoms with Gasteiger partial charge in [0, 0.05) is 40.0 Å². The number of pyridine rings is 1. The van der Waals surface area contributed by atoms with E-state index in [1.165, 1.54) is 57.5 Å². The number of carbonyl (C=O) groups excluding carboxylic acids is 1. The van der Waals surface area contributed by atoms with Crippen molar-refractivity contribution in [2.45, 2.75) is 44.7 Å². The zero-order valence-corrected chi connectivity index (χ0v) is 22.9. The molecule has 1 aliphatic rings. The number of benzene rings is 2. The number of nitrogens with one attached hydrogen (secondary N) is 2. The van der Waals surface area contributed by atoms with Crippen LogP contribution in [0, 0.1) is 11.8 Å². The van der Waals surface area contributed by atoms with Crippen molar-refractivity contribution in [3.8, 4) is 16.9 Å². The molecule has 1 fully saturated rings. The van der Waals surface area contributed by atoms with Crippen molar-refractivity contribution in [3.05, 3.63) is 82.0 Å². The standard InChI is InChI=1S/C22H15ClF2N2O2S.C7H15N/c1-29-16-7-5-12(13-6-8-18(25)26-10-13)9-14(16)11-27-22(28)21-20(23)19-15(24)3-2-4-17(19)30-21;1-8-7-5-3-2-4-6-7/h2-10H,11H2,1H3,(H,27,28);7-8H,2-6H2,1H3. The summed E-state index contributed by atoms with van der Waals surface area (Å²) in [4.78, 5) is 16.6. The van der Waals surface area contributed by atoms with Gasteiger partial charge in [0.15, 0.2) is 0 Å². The van der Waals surface area contributed by atoms with Gasteiger partial charge in [-0.15, -0.1) is 11.3 Å². The van der Waals surface area contributed by atoms with Crippen LogP contribution < -0.4 is 15.4 Å². The van der Waals surface area contributed by atoms with Crippen molar-refractivity contribution in [1.29, 1.82) is 0 Å². The van der Waals surface area contributed by atoms with Crippen LogP contribution in [0.2, 0.25) is 5.02 Å². The van der Waals surface area contributed by atoms with Gasteiger partial charge in [0.05, 0.1) is 12.1 Å². The molecule has 2 aromatic heterocycles. The molecule has 1 amide bonds. The molecular weight excluding hydrogens is 528 g/mol. The maximum Gasteiger partial charge on any atom is 0.263 e. The zero-order chi connectivity index (χ0) is 27.1. The lowest BCUT2D eigenvalue weighted by molar-refractivity contribution is 0.0955. The van der Waals surface area contributed by atoms with E-state index in [9.17, 15) is 13.6 Å².